The van der Waals surface area contributed by atoms with E-state index in [1.54, 1.807) is 49.4 Å². The number of esters is 1. The van der Waals surface area contributed by atoms with Crippen LogP contribution < -0.4 is 9.64 Å². The van der Waals surface area contributed by atoms with Gasteiger partial charge in [-0.1, -0.05) is 53.6 Å². The maximum absolute atomic E-state index is 13.4. The summed E-state index contributed by atoms with van der Waals surface area (Å²) in [4.78, 5) is 39.9. The fraction of sp³-hybridized carbons (Fsp3) is 0.207. The summed E-state index contributed by atoms with van der Waals surface area (Å²) in [6.45, 7) is 3.94. The number of rotatable bonds is 7. The molecule has 1 fully saturated rings. The smallest absolute Gasteiger partial charge is 0.310 e. The molecule has 190 valence electrons. The van der Waals surface area contributed by atoms with Crippen LogP contribution in [0.3, 0.4) is 0 Å². The normalized spacial score (nSPS) is 16.6. The molecule has 3 aromatic rings. The van der Waals surface area contributed by atoms with Crippen molar-refractivity contribution in [3.63, 3.8) is 0 Å². The van der Waals surface area contributed by atoms with E-state index in [1.807, 2.05) is 25.1 Å². The van der Waals surface area contributed by atoms with Crippen molar-refractivity contribution in [2.45, 2.75) is 26.3 Å². The summed E-state index contributed by atoms with van der Waals surface area (Å²) in [5.74, 6) is -1.94. The molecule has 3 aromatic carbocycles. The number of carbonyl (C=O) groups excluding carboxylic acids is 3. The lowest BCUT2D eigenvalue weighted by Gasteiger charge is -2.26. The number of methoxy groups -OCH3 is 1. The van der Waals surface area contributed by atoms with Crippen LogP contribution in [0.4, 0.5) is 5.69 Å². The van der Waals surface area contributed by atoms with E-state index in [-0.39, 0.29) is 30.3 Å². The van der Waals surface area contributed by atoms with Gasteiger partial charge < -0.3 is 14.6 Å². The van der Waals surface area contributed by atoms with Crippen LogP contribution >= 0.6 is 11.6 Å². The largest absolute Gasteiger partial charge is 0.507 e. The van der Waals surface area contributed by atoms with Crippen LogP contribution in [0.5, 0.6) is 5.75 Å². The number of benzene rings is 3. The Balaban J connectivity index is 1.83. The zero-order valence-corrected chi connectivity index (χ0v) is 21.4. The van der Waals surface area contributed by atoms with Gasteiger partial charge >= 0.3 is 5.97 Å². The van der Waals surface area contributed by atoms with E-state index in [2.05, 4.69) is 0 Å². The van der Waals surface area contributed by atoms with E-state index in [9.17, 15) is 19.5 Å². The molecular formula is C29H26ClNO6. The minimum absolute atomic E-state index is 0.0458. The van der Waals surface area contributed by atoms with Crippen molar-refractivity contribution in [3.8, 4) is 5.75 Å². The maximum atomic E-state index is 13.4. The van der Waals surface area contributed by atoms with Gasteiger partial charge in [-0.25, -0.2) is 0 Å². The molecule has 0 saturated carbocycles. The first-order chi connectivity index (χ1) is 17.7. The predicted molar refractivity (Wildman–Crippen MR) is 141 cm³/mol. The van der Waals surface area contributed by atoms with Gasteiger partial charge in [0.2, 0.25) is 0 Å². The topological polar surface area (TPSA) is 93.1 Å². The highest BCUT2D eigenvalue weighted by atomic mass is 35.5. The molecule has 4 rings (SSSR count). The average molecular weight is 520 g/mol. The quantitative estimate of drug-likeness (QED) is 0.195. The lowest BCUT2D eigenvalue weighted by molar-refractivity contribution is -0.142. The van der Waals surface area contributed by atoms with Gasteiger partial charge in [0.05, 0.1) is 36.8 Å². The summed E-state index contributed by atoms with van der Waals surface area (Å²) in [5, 5.41) is 11.7. The van der Waals surface area contributed by atoms with Gasteiger partial charge in [-0.3, -0.25) is 19.3 Å². The first kappa shape index (κ1) is 26.0. The average Bonchev–Trinajstić information content (AvgIpc) is 3.15. The van der Waals surface area contributed by atoms with Crippen molar-refractivity contribution < 1.29 is 29.0 Å². The second kappa shape index (κ2) is 10.9. The Bertz CT molecular complexity index is 1400. The van der Waals surface area contributed by atoms with E-state index in [1.165, 1.54) is 18.1 Å². The number of hydrogen-bond donors (Lipinski definition) is 1. The third-order valence-corrected chi connectivity index (χ3v) is 6.41. The standard InChI is InChI=1S/C29H26ClNO6/c1-4-37-24(32)15-18-8-11-21(12-9-18)31-26(19-7-5-6-17(2)14-19)25(28(34)29(31)35)27(33)20-10-13-22(30)23(16-20)36-3/h5-14,16,26,33H,4,15H2,1-3H3/b27-25-. The molecule has 37 heavy (non-hydrogen) atoms. The molecule has 8 heteroatoms. The number of ether oxygens (including phenoxy) is 2. The minimum atomic E-state index is -0.877. The predicted octanol–water partition coefficient (Wildman–Crippen LogP) is 5.39. The van der Waals surface area contributed by atoms with Crippen LogP contribution in [0.2, 0.25) is 5.02 Å². The van der Waals surface area contributed by atoms with E-state index >= 15 is 0 Å². The van der Waals surface area contributed by atoms with Gasteiger partial charge in [0.25, 0.3) is 11.7 Å². The SMILES string of the molecule is CCOC(=O)Cc1ccc(N2C(=O)C(=O)/C(=C(\O)c3ccc(Cl)c(OC)c3)C2c2cccc(C)c2)cc1. The number of hydrogen-bond acceptors (Lipinski definition) is 6. The molecule has 1 atom stereocenters. The molecule has 0 spiro atoms. The fourth-order valence-electron chi connectivity index (χ4n) is 4.37. The summed E-state index contributed by atoms with van der Waals surface area (Å²) in [6, 6.07) is 17.9. The van der Waals surface area contributed by atoms with Gasteiger partial charge in [-0.05, 0) is 55.3 Å². The second-order valence-corrected chi connectivity index (χ2v) is 8.99. The van der Waals surface area contributed by atoms with Crippen LogP contribution in [0.1, 0.15) is 35.2 Å². The lowest BCUT2D eigenvalue weighted by atomic mass is 9.94. The van der Waals surface area contributed by atoms with Crippen molar-refractivity contribution in [2.75, 3.05) is 18.6 Å². The van der Waals surface area contributed by atoms with E-state index in [0.717, 1.165) is 5.56 Å². The van der Waals surface area contributed by atoms with Crippen LogP contribution in [-0.2, 0) is 25.5 Å². The van der Waals surface area contributed by atoms with Crippen molar-refractivity contribution in [1.82, 2.24) is 0 Å². The number of Topliss-reactive ketones (excluding diaryl/α,β-unsaturated/α-hetero) is 1. The van der Waals surface area contributed by atoms with E-state index in [4.69, 9.17) is 21.1 Å². The fourth-order valence-corrected chi connectivity index (χ4v) is 4.56. The number of aliphatic hydroxyl groups is 1. The molecule has 7 nitrogen and oxygen atoms in total. The Kier molecular flexibility index (Phi) is 7.64. The molecule has 1 aliphatic rings. The first-order valence-electron chi connectivity index (χ1n) is 11.7. The molecule has 1 amide bonds. The van der Waals surface area contributed by atoms with Crippen LogP contribution in [0.25, 0.3) is 5.76 Å². The Hall–Kier alpha value is -4.10. The molecule has 1 unspecified atom stereocenters. The van der Waals surface area contributed by atoms with Crippen molar-refractivity contribution in [3.05, 3.63) is 99.6 Å². The van der Waals surface area contributed by atoms with Crippen LogP contribution in [0, 0.1) is 6.92 Å². The summed E-state index contributed by atoms with van der Waals surface area (Å²) in [5.41, 5.74) is 3.00. The molecule has 0 aliphatic carbocycles. The second-order valence-electron chi connectivity index (χ2n) is 8.58. The number of halogens is 1. The first-order valence-corrected chi connectivity index (χ1v) is 12.1. The summed E-state index contributed by atoms with van der Waals surface area (Å²) in [6.07, 6.45) is 0.0899. The summed E-state index contributed by atoms with van der Waals surface area (Å²) in [7, 11) is 1.45. The highest BCUT2D eigenvalue weighted by Gasteiger charge is 2.47. The zero-order valence-electron chi connectivity index (χ0n) is 20.7. The third-order valence-electron chi connectivity index (χ3n) is 6.10. The molecule has 1 saturated heterocycles. The number of carbonyl (C=O) groups is 3. The van der Waals surface area contributed by atoms with Crippen LogP contribution in [-0.4, -0.2) is 36.5 Å². The molecule has 1 heterocycles. The molecule has 1 aliphatic heterocycles. The number of nitrogens with zero attached hydrogens (tertiary/aromatic N) is 1. The number of amides is 1. The summed E-state index contributed by atoms with van der Waals surface area (Å²) < 4.78 is 10.3. The summed E-state index contributed by atoms with van der Waals surface area (Å²) >= 11 is 6.14. The number of aliphatic hydroxyl groups excluding tert-OH is 1. The molecule has 0 radical (unpaired) electrons. The highest BCUT2D eigenvalue weighted by Crippen LogP contribution is 2.43. The van der Waals surface area contributed by atoms with Crippen molar-refractivity contribution in [2.24, 2.45) is 0 Å². The van der Waals surface area contributed by atoms with Crippen molar-refractivity contribution in [1.29, 1.82) is 0 Å². The highest BCUT2D eigenvalue weighted by molar-refractivity contribution is 6.51. The monoisotopic (exact) mass is 519 g/mol. The number of ketones is 1. The minimum Gasteiger partial charge on any atom is -0.507 e. The Labute approximate surface area is 219 Å². The number of anilines is 1. The van der Waals surface area contributed by atoms with Crippen LogP contribution in [0.15, 0.2) is 72.3 Å². The zero-order chi connectivity index (χ0) is 26.7. The molecular weight excluding hydrogens is 494 g/mol. The maximum Gasteiger partial charge on any atom is 0.310 e. The Morgan fingerprint density at radius 2 is 1.78 bits per heavy atom. The molecule has 1 N–H and O–H groups in total. The van der Waals surface area contributed by atoms with E-state index in [0.29, 0.717) is 33.1 Å². The van der Waals surface area contributed by atoms with Gasteiger partial charge in [0, 0.05) is 11.3 Å². The van der Waals surface area contributed by atoms with Gasteiger partial charge in [0.15, 0.2) is 0 Å². The van der Waals surface area contributed by atoms with Gasteiger partial charge in [-0.2, -0.15) is 0 Å². The third kappa shape index (κ3) is 5.22. The Morgan fingerprint density at radius 1 is 1.05 bits per heavy atom. The van der Waals surface area contributed by atoms with E-state index < -0.39 is 17.7 Å². The molecule has 0 aromatic heterocycles. The van der Waals surface area contributed by atoms with Crippen molar-refractivity contribution >= 4 is 40.7 Å². The molecule has 0 bridgehead atoms. The van der Waals surface area contributed by atoms with Gasteiger partial charge in [-0.15, -0.1) is 0 Å². The Morgan fingerprint density at radius 3 is 2.43 bits per heavy atom. The van der Waals surface area contributed by atoms with Gasteiger partial charge in [0.1, 0.15) is 11.5 Å². The number of aryl methyl sites for hydroxylation is 1. The lowest BCUT2D eigenvalue weighted by Crippen LogP contribution is -2.29.